The molecule has 17 heavy (non-hydrogen) atoms. The van der Waals surface area contributed by atoms with E-state index in [2.05, 4.69) is 0 Å². The third-order valence-electron chi connectivity index (χ3n) is 2.82. The van der Waals surface area contributed by atoms with Gasteiger partial charge in [0.2, 0.25) is 5.88 Å². The fourth-order valence-electron chi connectivity index (χ4n) is 1.97. The molecule has 0 aliphatic carbocycles. The van der Waals surface area contributed by atoms with E-state index in [9.17, 15) is 4.79 Å². The lowest BCUT2D eigenvalue weighted by molar-refractivity contribution is -0.108. The molecule has 1 aliphatic rings. The molecule has 0 fully saturated rings. The molecule has 3 nitrogen and oxygen atoms in total. The molecule has 0 bridgehead atoms. The van der Waals surface area contributed by atoms with Crippen LogP contribution in [0.3, 0.4) is 0 Å². The highest BCUT2D eigenvalue weighted by Gasteiger charge is 2.21. The molecule has 1 unspecified atom stereocenters. The van der Waals surface area contributed by atoms with E-state index in [4.69, 9.17) is 4.74 Å². The van der Waals surface area contributed by atoms with Crippen LogP contribution in [0, 0.1) is 0 Å². The van der Waals surface area contributed by atoms with Gasteiger partial charge in [0.15, 0.2) is 0 Å². The average Bonchev–Trinajstić information content (AvgIpc) is 2.91. The van der Waals surface area contributed by atoms with Gasteiger partial charge in [-0.2, -0.15) is 0 Å². The standard InChI is InChI=1S/C14H11NO2/c16-10-11-9-14(15-7-3-4-8-15)17-13-6-2-1-5-12(11)13/h1-11H. The summed E-state index contributed by atoms with van der Waals surface area (Å²) in [5.74, 6) is 1.18. The lowest BCUT2D eigenvalue weighted by Crippen LogP contribution is -2.12. The maximum atomic E-state index is 11.1. The third kappa shape index (κ3) is 1.65. The molecule has 2 aromatic rings. The number of hydrogen-bond acceptors (Lipinski definition) is 2. The molecular formula is C14H11NO2. The van der Waals surface area contributed by atoms with Gasteiger partial charge in [-0.3, -0.25) is 4.57 Å². The van der Waals surface area contributed by atoms with Crippen molar-refractivity contribution in [2.45, 2.75) is 5.92 Å². The molecule has 0 amide bonds. The predicted molar refractivity (Wildman–Crippen MR) is 64.6 cm³/mol. The number of allylic oxidation sites excluding steroid dienone is 1. The summed E-state index contributed by atoms with van der Waals surface area (Å²) in [7, 11) is 0. The molecule has 0 saturated heterocycles. The lowest BCUT2D eigenvalue weighted by Gasteiger charge is -2.22. The second kappa shape index (κ2) is 3.94. The van der Waals surface area contributed by atoms with Gasteiger partial charge in [0.25, 0.3) is 0 Å². The zero-order chi connectivity index (χ0) is 11.7. The molecule has 0 spiro atoms. The van der Waals surface area contributed by atoms with Crippen LogP contribution >= 0.6 is 0 Å². The number of rotatable bonds is 2. The van der Waals surface area contributed by atoms with E-state index in [0.717, 1.165) is 17.6 Å². The fraction of sp³-hybridized carbons (Fsp3) is 0.0714. The highest BCUT2D eigenvalue weighted by Crippen LogP contribution is 2.34. The lowest BCUT2D eigenvalue weighted by atomic mass is 9.98. The minimum atomic E-state index is -0.239. The zero-order valence-electron chi connectivity index (χ0n) is 9.11. The molecule has 2 heterocycles. The molecule has 0 N–H and O–H groups in total. The first-order chi connectivity index (χ1) is 8.38. The minimum absolute atomic E-state index is 0.239. The summed E-state index contributed by atoms with van der Waals surface area (Å²) in [6, 6.07) is 11.4. The summed E-state index contributed by atoms with van der Waals surface area (Å²) in [6.45, 7) is 0. The van der Waals surface area contributed by atoms with Crippen molar-refractivity contribution in [2.24, 2.45) is 0 Å². The van der Waals surface area contributed by atoms with Gasteiger partial charge in [0.05, 0.1) is 5.92 Å². The van der Waals surface area contributed by atoms with Gasteiger partial charge in [-0.05, 0) is 24.3 Å². The van der Waals surface area contributed by atoms with Gasteiger partial charge in [-0.1, -0.05) is 18.2 Å². The van der Waals surface area contributed by atoms with Crippen LogP contribution in [-0.4, -0.2) is 10.9 Å². The van der Waals surface area contributed by atoms with Crippen molar-refractivity contribution < 1.29 is 9.53 Å². The van der Waals surface area contributed by atoms with Gasteiger partial charge in [-0.25, -0.2) is 0 Å². The van der Waals surface area contributed by atoms with Gasteiger partial charge < -0.3 is 9.53 Å². The number of para-hydroxylation sites is 1. The first-order valence-electron chi connectivity index (χ1n) is 5.46. The van der Waals surface area contributed by atoms with E-state index in [1.807, 2.05) is 59.4 Å². The van der Waals surface area contributed by atoms with Crippen LogP contribution < -0.4 is 4.74 Å². The highest BCUT2D eigenvalue weighted by molar-refractivity contribution is 5.72. The number of nitrogens with zero attached hydrogens (tertiary/aromatic N) is 1. The van der Waals surface area contributed by atoms with Gasteiger partial charge in [0, 0.05) is 18.0 Å². The molecule has 3 heteroatoms. The highest BCUT2D eigenvalue weighted by atomic mass is 16.5. The van der Waals surface area contributed by atoms with Crippen LogP contribution in [0.1, 0.15) is 11.5 Å². The molecule has 84 valence electrons. The van der Waals surface area contributed by atoms with E-state index < -0.39 is 0 Å². The Morgan fingerprint density at radius 3 is 2.65 bits per heavy atom. The number of ether oxygens (including phenoxy) is 1. The summed E-state index contributed by atoms with van der Waals surface area (Å²) >= 11 is 0. The summed E-state index contributed by atoms with van der Waals surface area (Å²) in [5.41, 5.74) is 0.915. The zero-order valence-corrected chi connectivity index (χ0v) is 9.11. The topological polar surface area (TPSA) is 31.2 Å². The maximum absolute atomic E-state index is 11.1. The van der Waals surface area contributed by atoms with E-state index in [1.54, 1.807) is 0 Å². The Morgan fingerprint density at radius 2 is 1.88 bits per heavy atom. The van der Waals surface area contributed by atoms with Crippen LogP contribution in [0.4, 0.5) is 0 Å². The van der Waals surface area contributed by atoms with E-state index in [1.165, 1.54) is 0 Å². The van der Waals surface area contributed by atoms with Gasteiger partial charge >= 0.3 is 0 Å². The SMILES string of the molecule is O=CC1C=C(n2cccc2)Oc2ccccc21. The van der Waals surface area contributed by atoms with Gasteiger partial charge in [-0.15, -0.1) is 0 Å². The Labute approximate surface area is 98.9 Å². The van der Waals surface area contributed by atoms with E-state index in [-0.39, 0.29) is 5.92 Å². The number of benzene rings is 1. The van der Waals surface area contributed by atoms with Crippen molar-refractivity contribution in [1.82, 2.24) is 4.57 Å². The minimum Gasteiger partial charge on any atom is -0.440 e. The Kier molecular flexibility index (Phi) is 2.29. The van der Waals surface area contributed by atoms with Crippen molar-refractivity contribution >= 4 is 12.2 Å². The van der Waals surface area contributed by atoms with Crippen LogP contribution in [0.25, 0.3) is 5.88 Å². The monoisotopic (exact) mass is 225 g/mol. The average molecular weight is 225 g/mol. The van der Waals surface area contributed by atoms with Crippen molar-refractivity contribution in [3.05, 3.63) is 60.4 Å². The smallest absolute Gasteiger partial charge is 0.201 e. The van der Waals surface area contributed by atoms with Crippen molar-refractivity contribution in [1.29, 1.82) is 0 Å². The summed E-state index contributed by atoms with van der Waals surface area (Å²) < 4.78 is 7.63. The second-order valence-corrected chi connectivity index (χ2v) is 3.90. The molecular weight excluding hydrogens is 214 g/mol. The normalized spacial score (nSPS) is 17.9. The Bertz CT molecular complexity index is 570. The van der Waals surface area contributed by atoms with Crippen LogP contribution in [0.2, 0.25) is 0 Å². The van der Waals surface area contributed by atoms with E-state index >= 15 is 0 Å². The second-order valence-electron chi connectivity index (χ2n) is 3.90. The fourth-order valence-corrected chi connectivity index (χ4v) is 1.97. The summed E-state index contributed by atoms with van der Waals surface area (Å²) in [5, 5.41) is 0. The van der Waals surface area contributed by atoms with Crippen LogP contribution in [0.15, 0.2) is 54.9 Å². The van der Waals surface area contributed by atoms with Crippen LogP contribution in [0.5, 0.6) is 5.75 Å². The first kappa shape index (κ1) is 9.90. The van der Waals surface area contributed by atoms with Crippen molar-refractivity contribution in [3.8, 4) is 5.75 Å². The molecule has 3 rings (SSSR count). The van der Waals surface area contributed by atoms with Gasteiger partial charge in [0.1, 0.15) is 12.0 Å². The Morgan fingerprint density at radius 1 is 1.12 bits per heavy atom. The number of aldehydes is 1. The molecule has 0 saturated carbocycles. The number of hydrogen-bond donors (Lipinski definition) is 0. The third-order valence-corrected chi connectivity index (χ3v) is 2.82. The number of aromatic nitrogens is 1. The maximum Gasteiger partial charge on any atom is 0.201 e. The molecule has 1 atom stereocenters. The molecule has 0 radical (unpaired) electrons. The Hall–Kier alpha value is -2.29. The molecule has 1 aromatic carbocycles. The predicted octanol–water partition coefficient (Wildman–Crippen LogP) is 2.66. The summed E-state index contributed by atoms with van der Waals surface area (Å²) in [4.78, 5) is 11.1. The number of fused-ring (bicyclic) bond motifs is 1. The Balaban J connectivity index is 2.07. The van der Waals surface area contributed by atoms with E-state index in [0.29, 0.717) is 5.88 Å². The molecule has 1 aromatic heterocycles. The first-order valence-corrected chi connectivity index (χ1v) is 5.46. The van der Waals surface area contributed by atoms with Crippen molar-refractivity contribution in [2.75, 3.05) is 0 Å². The molecule has 1 aliphatic heterocycles. The van der Waals surface area contributed by atoms with Crippen LogP contribution in [-0.2, 0) is 4.79 Å². The van der Waals surface area contributed by atoms with Crippen molar-refractivity contribution in [3.63, 3.8) is 0 Å². The number of carbonyl (C=O) groups is 1. The largest absolute Gasteiger partial charge is 0.440 e. The number of carbonyl (C=O) groups excluding carboxylic acids is 1. The quantitative estimate of drug-likeness (QED) is 0.736. The summed E-state index contributed by atoms with van der Waals surface area (Å²) in [6.07, 6.45) is 6.55.